The molecule has 2 aliphatic rings. The molecule has 0 aliphatic carbocycles. The first-order valence-electron chi connectivity index (χ1n) is 8.78. The van der Waals surface area contributed by atoms with Gasteiger partial charge < -0.3 is 15.0 Å². The van der Waals surface area contributed by atoms with E-state index in [4.69, 9.17) is 4.74 Å². The lowest BCUT2D eigenvalue weighted by atomic mass is 9.71. The molecular weight excluding hydrogens is 350 g/mol. The van der Waals surface area contributed by atoms with Crippen LogP contribution in [0.3, 0.4) is 0 Å². The number of hydrogen-bond donors (Lipinski definition) is 1. The summed E-state index contributed by atoms with van der Waals surface area (Å²) in [5, 5.41) is 6.74. The van der Waals surface area contributed by atoms with E-state index in [0.717, 1.165) is 12.8 Å². The highest BCUT2D eigenvalue weighted by Crippen LogP contribution is 2.45. The molecule has 0 bridgehead atoms. The van der Waals surface area contributed by atoms with Crippen LogP contribution in [-0.4, -0.2) is 48.0 Å². The van der Waals surface area contributed by atoms with Crippen LogP contribution < -0.4 is 5.32 Å². The fourth-order valence-electron chi connectivity index (χ4n) is 4.00. The van der Waals surface area contributed by atoms with Crippen LogP contribution in [0.2, 0.25) is 0 Å². The number of pyridine rings is 1. The zero-order valence-corrected chi connectivity index (χ0v) is 15.2. The largest absolute Gasteiger partial charge is 0.381 e. The smallest absolute Gasteiger partial charge is 0.254 e. The van der Waals surface area contributed by atoms with Gasteiger partial charge in [0.15, 0.2) is 0 Å². The van der Waals surface area contributed by atoms with E-state index in [1.807, 2.05) is 27.8 Å². The number of likely N-dealkylation sites (tertiary alicyclic amines) is 1. The molecule has 0 aromatic carbocycles. The molecule has 1 spiro atoms. The van der Waals surface area contributed by atoms with E-state index >= 15 is 0 Å². The first-order valence-corrected chi connectivity index (χ1v) is 9.72. The van der Waals surface area contributed by atoms with Crippen molar-refractivity contribution in [3.05, 3.63) is 46.9 Å². The molecule has 1 atom stereocenters. The van der Waals surface area contributed by atoms with Gasteiger partial charge in [0.1, 0.15) is 0 Å². The van der Waals surface area contributed by atoms with Gasteiger partial charge in [-0.15, -0.1) is 0 Å². The van der Waals surface area contributed by atoms with Crippen LogP contribution in [-0.2, 0) is 9.53 Å². The molecule has 2 fully saturated rings. The number of nitrogens with zero attached hydrogens (tertiary/aromatic N) is 2. The van der Waals surface area contributed by atoms with Gasteiger partial charge in [0.25, 0.3) is 5.91 Å². The SMILES string of the molecule is O=C(Nc1cccnc1)[C@@H]1CN(C(=O)c2ccsc2)CC12CCOCC2. The Morgan fingerprint density at radius 1 is 1.31 bits per heavy atom. The molecule has 0 radical (unpaired) electrons. The van der Waals surface area contributed by atoms with Crippen LogP contribution in [0.15, 0.2) is 41.4 Å². The Kier molecular flexibility index (Phi) is 4.74. The molecule has 4 heterocycles. The first kappa shape index (κ1) is 17.2. The number of anilines is 1. The molecule has 4 rings (SSSR count). The van der Waals surface area contributed by atoms with E-state index in [1.165, 1.54) is 11.3 Å². The first-order chi connectivity index (χ1) is 12.7. The van der Waals surface area contributed by atoms with Gasteiger partial charge in [0.05, 0.1) is 23.4 Å². The van der Waals surface area contributed by atoms with Gasteiger partial charge >= 0.3 is 0 Å². The van der Waals surface area contributed by atoms with Crippen molar-refractivity contribution in [2.45, 2.75) is 12.8 Å². The normalized spacial score (nSPS) is 21.7. The second-order valence-corrected chi connectivity index (χ2v) is 7.74. The Labute approximate surface area is 156 Å². The van der Waals surface area contributed by atoms with Crippen molar-refractivity contribution in [1.29, 1.82) is 0 Å². The quantitative estimate of drug-likeness (QED) is 0.900. The second kappa shape index (κ2) is 7.17. The molecular formula is C19H21N3O3S. The van der Waals surface area contributed by atoms with Crippen molar-refractivity contribution in [2.24, 2.45) is 11.3 Å². The summed E-state index contributed by atoms with van der Waals surface area (Å²) in [6.45, 7) is 2.32. The van der Waals surface area contributed by atoms with Crippen molar-refractivity contribution in [1.82, 2.24) is 9.88 Å². The average molecular weight is 371 g/mol. The molecule has 136 valence electrons. The summed E-state index contributed by atoms with van der Waals surface area (Å²) in [7, 11) is 0. The molecule has 1 N–H and O–H groups in total. The zero-order valence-electron chi connectivity index (χ0n) is 14.4. The monoisotopic (exact) mass is 371 g/mol. The minimum atomic E-state index is -0.241. The summed E-state index contributed by atoms with van der Waals surface area (Å²) in [4.78, 5) is 31.7. The molecule has 2 aliphatic heterocycles. The van der Waals surface area contributed by atoms with Crippen LogP contribution in [0.4, 0.5) is 5.69 Å². The number of amides is 2. The van der Waals surface area contributed by atoms with Gasteiger partial charge in [-0.1, -0.05) is 0 Å². The molecule has 26 heavy (non-hydrogen) atoms. The Morgan fingerprint density at radius 3 is 2.85 bits per heavy atom. The Morgan fingerprint density at radius 2 is 2.15 bits per heavy atom. The topological polar surface area (TPSA) is 71.5 Å². The lowest BCUT2D eigenvalue weighted by Gasteiger charge is -2.37. The molecule has 2 aromatic heterocycles. The fourth-order valence-corrected chi connectivity index (χ4v) is 4.63. The highest BCUT2D eigenvalue weighted by Gasteiger charge is 2.51. The van der Waals surface area contributed by atoms with Gasteiger partial charge in [0.2, 0.25) is 5.91 Å². The Hall–Kier alpha value is -2.25. The number of carbonyl (C=O) groups is 2. The van der Waals surface area contributed by atoms with E-state index in [1.54, 1.807) is 18.5 Å². The van der Waals surface area contributed by atoms with E-state index in [9.17, 15) is 9.59 Å². The summed E-state index contributed by atoms with van der Waals surface area (Å²) in [5.41, 5.74) is 1.17. The maximum atomic E-state index is 13.0. The lowest BCUT2D eigenvalue weighted by Crippen LogP contribution is -2.42. The third-order valence-corrected chi connectivity index (χ3v) is 6.12. The zero-order chi connectivity index (χ0) is 18.0. The third-order valence-electron chi connectivity index (χ3n) is 5.44. The Balaban J connectivity index is 1.56. The predicted octanol–water partition coefficient (Wildman–Crippen LogP) is 2.65. The van der Waals surface area contributed by atoms with E-state index in [0.29, 0.717) is 37.6 Å². The van der Waals surface area contributed by atoms with E-state index in [-0.39, 0.29) is 23.1 Å². The standard InChI is InChI=1S/C19H21N3O3S/c23-17(21-15-2-1-6-20-10-15)16-11-22(18(24)14-3-9-26-12-14)13-19(16)4-7-25-8-5-19/h1-3,6,9-10,12,16H,4-5,7-8,11,13H2,(H,21,23)/t16-/m0/s1. The van der Waals surface area contributed by atoms with Crippen molar-refractivity contribution >= 4 is 28.8 Å². The van der Waals surface area contributed by atoms with Gasteiger partial charge in [-0.25, -0.2) is 0 Å². The molecule has 2 amide bonds. The fraction of sp³-hybridized carbons (Fsp3) is 0.421. The highest BCUT2D eigenvalue weighted by molar-refractivity contribution is 7.08. The maximum Gasteiger partial charge on any atom is 0.254 e. The summed E-state index contributed by atoms with van der Waals surface area (Å²) in [6, 6.07) is 5.46. The van der Waals surface area contributed by atoms with Crippen LogP contribution in [0.5, 0.6) is 0 Å². The highest BCUT2D eigenvalue weighted by atomic mass is 32.1. The number of rotatable bonds is 3. The minimum Gasteiger partial charge on any atom is -0.381 e. The van der Waals surface area contributed by atoms with Crippen molar-refractivity contribution in [2.75, 3.05) is 31.6 Å². The van der Waals surface area contributed by atoms with Gasteiger partial charge in [-0.05, 0) is 36.4 Å². The van der Waals surface area contributed by atoms with Crippen LogP contribution in [0, 0.1) is 11.3 Å². The second-order valence-electron chi connectivity index (χ2n) is 6.96. The number of carbonyl (C=O) groups excluding carboxylic acids is 2. The molecule has 2 aromatic rings. The van der Waals surface area contributed by atoms with Crippen molar-refractivity contribution in [3.63, 3.8) is 0 Å². The van der Waals surface area contributed by atoms with Crippen LogP contribution >= 0.6 is 11.3 Å². The Bertz CT molecular complexity index is 773. The van der Waals surface area contributed by atoms with Crippen molar-refractivity contribution < 1.29 is 14.3 Å². The van der Waals surface area contributed by atoms with E-state index in [2.05, 4.69) is 10.3 Å². The van der Waals surface area contributed by atoms with Crippen LogP contribution in [0.25, 0.3) is 0 Å². The predicted molar refractivity (Wildman–Crippen MR) is 99.1 cm³/mol. The number of hydrogen-bond acceptors (Lipinski definition) is 5. The summed E-state index contributed by atoms with van der Waals surface area (Å²) in [6.07, 6.45) is 4.90. The number of nitrogens with one attached hydrogen (secondary N) is 1. The van der Waals surface area contributed by atoms with E-state index < -0.39 is 0 Å². The van der Waals surface area contributed by atoms with Crippen molar-refractivity contribution in [3.8, 4) is 0 Å². The molecule has 6 nitrogen and oxygen atoms in total. The lowest BCUT2D eigenvalue weighted by molar-refractivity contribution is -0.124. The van der Waals surface area contributed by atoms with Gasteiger partial charge in [-0.2, -0.15) is 11.3 Å². The summed E-state index contributed by atoms with van der Waals surface area (Å²) in [5.74, 6) is -0.275. The molecule has 7 heteroatoms. The summed E-state index contributed by atoms with van der Waals surface area (Å²) < 4.78 is 5.53. The summed E-state index contributed by atoms with van der Waals surface area (Å²) >= 11 is 1.51. The maximum absolute atomic E-state index is 13.0. The third kappa shape index (κ3) is 3.24. The number of aromatic nitrogens is 1. The number of ether oxygens (including phenoxy) is 1. The molecule has 0 saturated carbocycles. The molecule has 2 saturated heterocycles. The van der Waals surface area contributed by atoms with Crippen LogP contribution in [0.1, 0.15) is 23.2 Å². The van der Waals surface area contributed by atoms with Gasteiger partial charge in [-0.3, -0.25) is 14.6 Å². The minimum absolute atomic E-state index is 0.00814. The average Bonchev–Trinajstić information content (AvgIpc) is 3.31. The van der Waals surface area contributed by atoms with Gasteiger partial charge in [0, 0.05) is 43.3 Å². The molecule has 0 unspecified atom stereocenters. The number of thiophene rings is 1.